The predicted octanol–water partition coefficient (Wildman–Crippen LogP) is 4.15. The van der Waals surface area contributed by atoms with Gasteiger partial charge in [0.05, 0.1) is 37.1 Å². The van der Waals surface area contributed by atoms with Gasteiger partial charge in [-0.3, -0.25) is 14.4 Å². The van der Waals surface area contributed by atoms with Gasteiger partial charge in [-0.1, -0.05) is 45.7 Å². The van der Waals surface area contributed by atoms with E-state index in [1.165, 1.54) is 12.0 Å². The number of methoxy groups -OCH3 is 1. The fourth-order valence-electron chi connectivity index (χ4n) is 6.13. The number of carbonyl (C=O) groups excluding carboxylic acids is 3. The van der Waals surface area contributed by atoms with Gasteiger partial charge in [-0.15, -0.1) is 0 Å². The van der Waals surface area contributed by atoms with E-state index in [0.717, 1.165) is 32.1 Å². The molecular weight excluding hydrogens is 512 g/mol. The summed E-state index contributed by atoms with van der Waals surface area (Å²) < 4.78 is 17.2. The van der Waals surface area contributed by atoms with Crippen molar-refractivity contribution in [3.63, 3.8) is 0 Å². The van der Waals surface area contributed by atoms with Crippen LogP contribution in [0.2, 0.25) is 0 Å². The molecule has 1 aliphatic carbocycles. The smallest absolute Gasteiger partial charge is 0.328 e. The van der Waals surface area contributed by atoms with Crippen LogP contribution in [0.1, 0.15) is 71.3 Å². The number of pyridine rings is 1. The van der Waals surface area contributed by atoms with Crippen molar-refractivity contribution in [2.75, 3.05) is 13.7 Å². The number of hydrogen-bond acceptors (Lipinski definition) is 7. The van der Waals surface area contributed by atoms with Gasteiger partial charge in [-0.05, 0) is 49.1 Å². The summed E-state index contributed by atoms with van der Waals surface area (Å²) in [6.45, 7) is 5.88. The number of amides is 1. The lowest BCUT2D eigenvalue weighted by Gasteiger charge is -2.34. The molecular formula is C31H40N2O7. The van der Waals surface area contributed by atoms with Gasteiger partial charge in [0, 0.05) is 11.8 Å². The minimum absolute atomic E-state index is 0.0520. The zero-order valence-corrected chi connectivity index (χ0v) is 23.9. The molecule has 9 heteroatoms. The van der Waals surface area contributed by atoms with Crippen LogP contribution >= 0.6 is 0 Å². The molecule has 1 aromatic carbocycles. The van der Waals surface area contributed by atoms with E-state index in [1.54, 1.807) is 0 Å². The number of aromatic amines is 1. The molecule has 216 valence electrons. The maximum Gasteiger partial charge on any atom is 0.328 e. The van der Waals surface area contributed by atoms with Crippen molar-refractivity contribution < 1.29 is 28.6 Å². The topological polar surface area (TPSA) is 115 Å². The number of carbonyl (C=O) groups is 3. The summed E-state index contributed by atoms with van der Waals surface area (Å²) in [6, 6.07) is 6.50. The zero-order valence-electron chi connectivity index (χ0n) is 23.9. The van der Waals surface area contributed by atoms with Crippen molar-refractivity contribution >= 4 is 28.7 Å². The first-order valence-electron chi connectivity index (χ1n) is 14.4. The highest BCUT2D eigenvalue weighted by Gasteiger charge is 2.47. The Labute approximate surface area is 234 Å². The number of nitrogens with zero attached hydrogens (tertiary/aromatic N) is 1. The van der Waals surface area contributed by atoms with E-state index in [9.17, 15) is 19.2 Å². The number of nitrogens with one attached hydrogen (secondary N) is 1. The van der Waals surface area contributed by atoms with Gasteiger partial charge in [0.15, 0.2) is 11.3 Å². The van der Waals surface area contributed by atoms with Crippen LogP contribution in [0.4, 0.5) is 0 Å². The van der Waals surface area contributed by atoms with Crippen LogP contribution < -0.4 is 10.2 Å². The van der Waals surface area contributed by atoms with Gasteiger partial charge in [-0.25, -0.2) is 4.79 Å². The molecule has 3 aliphatic rings. The Bertz CT molecular complexity index is 1340. The molecule has 9 nitrogen and oxygen atoms in total. The number of ether oxygens (including phenoxy) is 3. The summed E-state index contributed by atoms with van der Waals surface area (Å²) in [7, 11) is 1.30. The zero-order chi connectivity index (χ0) is 28.6. The van der Waals surface area contributed by atoms with Crippen molar-refractivity contribution in [3.05, 3.63) is 40.1 Å². The van der Waals surface area contributed by atoms with Crippen LogP contribution in [0.25, 0.3) is 10.9 Å². The number of benzene rings is 1. The Balaban J connectivity index is 1.51. The van der Waals surface area contributed by atoms with E-state index in [-0.39, 0.29) is 42.8 Å². The number of rotatable bonds is 1. The Morgan fingerprint density at radius 3 is 2.58 bits per heavy atom. The third-order valence-electron chi connectivity index (χ3n) is 8.63. The lowest BCUT2D eigenvalue weighted by atomic mass is 9.77. The van der Waals surface area contributed by atoms with Gasteiger partial charge in [0.2, 0.25) is 5.91 Å². The first-order chi connectivity index (χ1) is 19.1. The maximum atomic E-state index is 14.0. The van der Waals surface area contributed by atoms with Crippen LogP contribution in [-0.2, 0) is 30.3 Å². The number of hydrogen-bond donors (Lipinski definition) is 1. The first kappa shape index (κ1) is 28.2. The van der Waals surface area contributed by atoms with Crippen LogP contribution in [0.5, 0.6) is 5.88 Å². The number of para-hydroxylation sites is 1. The molecule has 0 unspecified atom stereocenters. The molecule has 5 atom stereocenters. The molecule has 3 heterocycles. The normalized spacial score (nSPS) is 28.0. The molecule has 2 aliphatic heterocycles. The molecule has 40 heavy (non-hydrogen) atoms. The molecule has 1 N–H and O–H groups in total. The average Bonchev–Trinajstić information content (AvgIpc) is 3.50. The minimum atomic E-state index is -0.853. The van der Waals surface area contributed by atoms with E-state index in [1.807, 2.05) is 45.0 Å². The highest BCUT2D eigenvalue weighted by molar-refractivity contribution is 5.89. The van der Waals surface area contributed by atoms with E-state index < -0.39 is 29.4 Å². The van der Waals surface area contributed by atoms with Gasteiger partial charge < -0.3 is 24.1 Å². The number of aromatic nitrogens is 1. The number of fused-ring (bicyclic) bond motifs is 5. The molecule has 1 amide bonds. The van der Waals surface area contributed by atoms with Crippen molar-refractivity contribution in [2.45, 2.75) is 90.4 Å². The second-order valence-corrected chi connectivity index (χ2v) is 12.6. The summed E-state index contributed by atoms with van der Waals surface area (Å²) in [5.74, 6) is -1.15. The molecule has 2 bridgehead atoms. The van der Waals surface area contributed by atoms with Crippen molar-refractivity contribution in [2.24, 2.45) is 17.3 Å². The fraction of sp³-hybridized carbons (Fsp3) is 0.613. The van der Waals surface area contributed by atoms with Gasteiger partial charge in [0.25, 0.3) is 0 Å². The average molecular weight is 553 g/mol. The monoisotopic (exact) mass is 552 g/mol. The standard InChI is InChI=1S/C31H40N2O7/c1-31(2,3)22-16-26(34)40-25-14-18(25)10-6-5-7-12-21-27(35)20-11-8-9-13-23(20)32-28(21)39-19-15-24(30(37)38-4)33(17-19)29(22)36/h8-9,11,13,18-19,22,24-25H,5-7,10,12,14-17H2,1-4H3,(H,32,35)/t18-,19-,22-,24+,25-/m1/s1. The van der Waals surface area contributed by atoms with Gasteiger partial charge in [-0.2, -0.15) is 0 Å². The van der Waals surface area contributed by atoms with Crippen molar-refractivity contribution in [3.8, 4) is 5.88 Å². The fourth-order valence-corrected chi connectivity index (χ4v) is 6.13. The quantitative estimate of drug-likeness (QED) is 0.529. The molecule has 0 radical (unpaired) electrons. The Kier molecular flexibility index (Phi) is 7.93. The number of esters is 2. The Hall–Kier alpha value is -3.36. The molecule has 0 spiro atoms. The van der Waals surface area contributed by atoms with Crippen LogP contribution in [0, 0.1) is 17.3 Å². The van der Waals surface area contributed by atoms with Crippen molar-refractivity contribution in [1.29, 1.82) is 0 Å². The van der Waals surface area contributed by atoms with E-state index in [2.05, 4.69) is 4.98 Å². The van der Waals surface area contributed by atoms with Crippen LogP contribution in [-0.4, -0.2) is 59.6 Å². The van der Waals surface area contributed by atoms with E-state index >= 15 is 0 Å². The second-order valence-electron chi connectivity index (χ2n) is 12.6. The van der Waals surface area contributed by atoms with Gasteiger partial charge in [0.1, 0.15) is 18.2 Å². The van der Waals surface area contributed by atoms with Crippen LogP contribution in [0.3, 0.4) is 0 Å². The first-order valence-corrected chi connectivity index (χ1v) is 14.4. The van der Waals surface area contributed by atoms with Crippen molar-refractivity contribution in [1.82, 2.24) is 9.88 Å². The molecule has 1 saturated carbocycles. The maximum absolute atomic E-state index is 14.0. The Morgan fingerprint density at radius 2 is 1.82 bits per heavy atom. The molecule has 1 saturated heterocycles. The highest BCUT2D eigenvalue weighted by Crippen LogP contribution is 2.40. The molecule has 1 aromatic heterocycles. The summed E-state index contributed by atoms with van der Waals surface area (Å²) in [6.07, 6.45) is 4.66. The summed E-state index contributed by atoms with van der Waals surface area (Å²) in [5, 5.41) is 0.610. The second kappa shape index (κ2) is 11.3. The Morgan fingerprint density at radius 1 is 1.05 bits per heavy atom. The third kappa shape index (κ3) is 5.88. The van der Waals surface area contributed by atoms with E-state index in [4.69, 9.17) is 14.2 Å². The number of H-pyrrole nitrogens is 1. The summed E-state index contributed by atoms with van der Waals surface area (Å²) in [5.41, 5.74) is 0.659. The molecule has 2 fully saturated rings. The lowest BCUT2D eigenvalue weighted by Crippen LogP contribution is -2.47. The summed E-state index contributed by atoms with van der Waals surface area (Å²) in [4.78, 5) is 58.1. The summed E-state index contributed by atoms with van der Waals surface area (Å²) >= 11 is 0. The SMILES string of the molecule is COC(=O)[C@@H]1C[C@@H]2CN1C(=O)[C@H](C(C)(C)C)CC(=O)O[C@@H]1C[C@H]1CCCCCc1c([nH]c3ccccc3c1=O)O2. The lowest BCUT2D eigenvalue weighted by molar-refractivity contribution is -0.157. The highest BCUT2D eigenvalue weighted by atomic mass is 16.5. The third-order valence-corrected chi connectivity index (χ3v) is 8.63. The molecule has 2 aromatic rings. The van der Waals surface area contributed by atoms with Crippen LogP contribution in [0.15, 0.2) is 29.1 Å². The van der Waals surface area contributed by atoms with E-state index in [0.29, 0.717) is 34.7 Å². The largest absolute Gasteiger partial charge is 0.473 e. The molecule has 5 rings (SSSR count). The minimum Gasteiger partial charge on any atom is -0.473 e. The predicted molar refractivity (Wildman–Crippen MR) is 149 cm³/mol. The van der Waals surface area contributed by atoms with Gasteiger partial charge >= 0.3 is 11.9 Å².